The summed E-state index contributed by atoms with van der Waals surface area (Å²) in [6.45, 7) is 0.317. The van der Waals surface area contributed by atoms with E-state index in [4.69, 9.17) is 20.6 Å². The SMILES string of the molecule is COc1ccc([N+](=O)[O-])cc1OCCCC(=N)N. The molecule has 1 rings (SSSR count). The maximum Gasteiger partial charge on any atom is 0.273 e. The van der Waals surface area contributed by atoms with Gasteiger partial charge in [0, 0.05) is 12.5 Å². The number of rotatable bonds is 7. The molecule has 0 unspecified atom stereocenters. The summed E-state index contributed by atoms with van der Waals surface area (Å²) in [4.78, 5) is 10.1. The Morgan fingerprint density at radius 3 is 2.78 bits per heavy atom. The molecule has 0 aliphatic carbocycles. The number of nitro groups is 1. The van der Waals surface area contributed by atoms with Crippen molar-refractivity contribution >= 4 is 11.5 Å². The standard InChI is InChI=1S/C11H15N3O4/c1-17-9-5-4-8(14(15)16)7-10(9)18-6-2-3-11(12)13/h4-5,7H,2-3,6H2,1H3,(H3,12,13). The van der Waals surface area contributed by atoms with Crippen molar-refractivity contribution in [3.05, 3.63) is 28.3 Å². The van der Waals surface area contributed by atoms with E-state index < -0.39 is 4.92 Å². The van der Waals surface area contributed by atoms with Gasteiger partial charge in [-0.1, -0.05) is 0 Å². The van der Waals surface area contributed by atoms with Crippen LogP contribution in [0, 0.1) is 15.5 Å². The minimum absolute atomic E-state index is 0.0580. The van der Waals surface area contributed by atoms with Crippen molar-refractivity contribution in [1.29, 1.82) is 5.41 Å². The molecular weight excluding hydrogens is 238 g/mol. The second kappa shape index (κ2) is 6.43. The van der Waals surface area contributed by atoms with Gasteiger partial charge in [0.15, 0.2) is 11.5 Å². The lowest BCUT2D eigenvalue weighted by Crippen LogP contribution is -2.11. The first-order valence-corrected chi connectivity index (χ1v) is 5.32. The van der Waals surface area contributed by atoms with Crippen molar-refractivity contribution in [3.8, 4) is 11.5 Å². The second-order valence-electron chi connectivity index (χ2n) is 3.57. The van der Waals surface area contributed by atoms with E-state index in [1.807, 2.05) is 0 Å². The molecule has 98 valence electrons. The van der Waals surface area contributed by atoms with E-state index in [1.54, 1.807) is 0 Å². The number of hydrogen-bond acceptors (Lipinski definition) is 5. The van der Waals surface area contributed by atoms with Crippen molar-refractivity contribution in [2.24, 2.45) is 5.73 Å². The largest absolute Gasteiger partial charge is 0.493 e. The van der Waals surface area contributed by atoms with E-state index in [1.165, 1.54) is 25.3 Å². The molecule has 18 heavy (non-hydrogen) atoms. The second-order valence-corrected chi connectivity index (χ2v) is 3.57. The lowest BCUT2D eigenvalue weighted by molar-refractivity contribution is -0.385. The fourth-order valence-corrected chi connectivity index (χ4v) is 1.34. The zero-order chi connectivity index (χ0) is 13.5. The maximum absolute atomic E-state index is 10.6. The lowest BCUT2D eigenvalue weighted by Gasteiger charge is -2.10. The Labute approximate surface area is 104 Å². The highest BCUT2D eigenvalue weighted by molar-refractivity contribution is 5.76. The van der Waals surface area contributed by atoms with Gasteiger partial charge in [-0.05, 0) is 12.5 Å². The smallest absolute Gasteiger partial charge is 0.273 e. The summed E-state index contributed by atoms with van der Waals surface area (Å²) in [7, 11) is 1.46. The van der Waals surface area contributed by atoms with Gasteiger partial charge in [-0.15, -0.1) is 0 Å². The predicted octanol–water partition coefficient (Wildman–Crippen LogP) is 1.70. The number of methoxy groups -OCH3 is 1. The van der Waals surface area contributed by atoms with Crippen LogP contribution in [-0.2, 0) is 0 Å². The zero-order valence-electron chi connectivity index (χ0n) is 10.0. The predicted molar refractivity (Wildman–Crippen MR) is 66.3 cm³/mol. The molecule has 0 aliphatic heterocycles. The summed E-state index contributed by atoms with van der Waals surface area (Å²) in [6.07, 6.45) is 0.998. The summed E-state index contributed by atoms with van der Waals surface area (Å²) < 4.78 is 10.4. The van der Waals surface area contributed by atoms with Crippen LogP contribution in [0.3, 0.4) is 0 Å². The van der Waals surface area contributed by atoms with E-state index in [0.717, 1.165) is 0 Å². The first-order valence-electron chi connectivity index (χ1n) is 5.32. The molecule has 7 nitrogen and oxygen atoms in total. The maximum atomic E-state index is 10.6. The number of nitrogens with one attached hydrogen (secondary N) is 1. The Balaban J connectivity index is 2.69. The Morgan fingerprint density at radius 2 is 2.22 bits per heavy atom. The van der Waals surface area contributed by atoms with E-state index >= 15 is 0 Å². The highest BCUT2D eigenvalue weighted by Crippen LogP contribution is 2.31. The van der Waals surface area contributed by atoms with Gasteiger partial charge >= 0.3 is 0 Å². The topological polar surface area (TPSA) is 111 Å². The average molecular weight is 253 g/mol. The van der Waals surface area contributed by atoms with Crippen molar-refractivity contribution in [1.82, 2.24) is 0 Å². The fourth-order valence-electron chi connectivity index (χ4n) is 1.34. The molecule has 0 heterocycles. The number of nitrogens with two attached hydrogens (primary N) is 1. The average Bonchev–Trinajstić information content (AvgIpc) is 2.34. The fraction of sp³-hybridized carbons (Fsp3) is 0.364. The van der Waals surface area contributed by atoms with Crippen LogP contribution in [0.5, 0.6) is 11.5 Å². The number of nitro benzene ring substituents is 1. The molecule has 0 aromatic heterocycles. The molecule has 0 saturated heterocycles. The molecule has 1 aromatic rings. The minimum atomic E-state index is -0.498. The van der Waals surface area contributed by atoms with Gasteiger partial charge in [-0.25, -0.2) is 0 Å². The molecule has 0 bridgehead atoms. The van der Waals surface area contributed by atoms with Gasteiger partial charge in [-0.3, -0.25) is 15.5 Å². The van der Waals surface area contributed by atoms with Crippen LogP contribution in [0.2, 0.25) is 0 Å². The van der Waals surface area contributed by atoms with E-state index in [-0.39, 0.29) is 11.5 Å². The molecular formula is C11H15N3O4. The quantitative estimate of drug-likeness (QED) is 0.252. The summed E-state index contributed by atoms with van der Waals surface area (Å²) in [5, 5.41) is 17.7. The first-order chi connectivity index (χ1) is 8.54. The molecule has 7 heteroatoms. The van der Waals surface area contributed by atoms with Crippen molar-refractivity contribution < 1.29 is 14.4 Å². The van der Waals surface area contributed by atoms with Crippen LogP contribution >= 0.6 is 0 Å². The van der Waals surface area contributed by atoms with E-state index in [9.17, 15) is 10.1 Å². The number of benzene rings is 1. The molecule has 0 atom stereocenters. The van der Waals surface area contributed by atoms with E-state index in [2.05, 4.69) is 0 Å². The molecule has 0 fully saturated rings. The highest BCUT2D eigenvalue weighted by atomic mass is 16.6. The third-order valence-corrected chi connectivity index (χ3v) is 2.21. The number of ether oxygens (including phenoxy) is 2. The van der Waals surface area contributed by atoms with Gasteiger partial charge in [0.05, 0.1) is 30.5 Å². The molecule has 0 aliphatic rings. The number of nitrogens with zero attached hydrogens (tertiary/aromatic N) is 1. The Hall–Kier alpha value is -2.31. The first kappa shape index (κ1) is 13.8. The number of amidine groups is 1. The number of hydrogen-bond donors (Lipinski definition) is 2. The molecule has 1 aromatic carbocycles. The summed E-state index contributed by atoms with van der Waals surface area (Å²) in [6, 6.07) is 4.15. The Kier molecular flexibility index (Phi) is 4.91. The van der Waals surface area contributed by atoms with Gasteiger partial charge < -0.3 is 15.2 Å². The normalized spacial score (nSPS) is 9.83. The monoisotopic (exact) mass is 253 g/mol. The molecule has 0 radical (unpaired) electrons. The summed E-state index contributed by atoms with van der Waals surface area (Å²) in [5.41, 5.74) is 5.15. The van der Waals surface area contributed by atoms with Crippen molar-refractivity contribution in [3.63, 3.8) is 0 Å². The van der Waals surface area contributed by atoms with Gasteiger partial charge in [0.2, 0.25) is 0 Å². The van der Waals surface area contributed by atoms with Crippen molar-refractivity contribution in [2.75, 3.05) is 13.7 Å². The zero-order valence-corrected chi connectivity index (χ0v) is 10.0. The van der Waals surface area contributed by atoms with Crippen LogP contribution in [0.1, 0.15) is 12.8 Å². The molecule has 0 amide bonds. The summed E-state index contributed by atoms with van der Waals surface area (Å²) in [5.74, 6) is 0.836. The molecule has 0 saturated carbocycles. The van der Waals surface area contributed by atoms with Crippen LogP contribution in [0.4, 0.5) is 5.69 Å². The summed E-state index contributed by atoms with van der Waals surface area (Å²) >= 11 is 0. The molecule has 0 spiro atoms. The van der Waals surface area contributed by atoms with Gasteiger partial charge in [0.25, 0.3) is 5.69 Å². The highest BCUT2D eigenvalue weighted by Gasteiger charge is 2.12. The van der Waals surface area contributed by atoms with Crippen LogP contribution < -0.4 is 15.2 Å². The third kappa shape index (κ3) is 3.93. The Bertz CT molecular complexity index is 448. The third-order valence-electron chi connectivity index (χ3n) is 2.21. The number of non-ortho nitro benzene ring substituents is 1. The van der Waals surface area contributed by atoms with Gasteiger partial charge in [0.1, 0.15) is 0 Å². The van der Waals surface area contributed by atoms with Crippen LogP contribution in [-0.4, -0.2) is 24.5 Å². The minimum Gasteiger partial charge on any atom is -0.493 e. The lowest BCUT2D eigenvalue weighted by atomic mass is 10.2. The Morgan fingerprint density at radius 1 is 1.50 bits per heavy atom. The van der Waals surface area contributed by atoms with Gasteiger partial charge in [-0.2, -0.15) is 0 Å². The van der Waals surface area contributed by atoms with E-state index in [0.29, 0.717) is 30.9 Å². The van der Waals surface area contributed by atoms with Crippen molar-refractivity contribution in [2.45, 2.75) is 12.8 Å². The van der Waals surface area contributed by atoms with Crippen LogP contribution in [0.15, 0.2) is 18.2 Å². The molecule has 3 N–H and O–H groups in total. The van der Waals surface area contributed by atoms with Crippen LogP contribution in [0.25, 0.3) is 0 Å².